The van der Waals surface area contributed by atoms with Gasteiger partial charge in [-0.3, -0.25) is 4.79 Å². The van der Waals surface area contributed by atoms with Crippen molar-refractivity contribution in [2.24, 2.45) is 0 Å². The zero-order valence-electron chi connectivity index (χ0n) is 8.03. The maximum absolute atomic E-state index is 10.5. The third kappa shape index (κ3) is 2.06. The average Bonchev–Trinajstić information content (AvgIpc) is 2.67. The van der Waals surface area contributed by atoms with Gasteiger partial charge in [0.1, 0.15) is 11.6 Å². The molecule has 1 aromatic heterocycles. The first kappa shape index (κ1) is 11.1. The van der Waals surface area contributed by atoms with Gasteiger partial charge in [0.2, 0.25) is 6.29 Å². The number of halogens is 1. The summed E-state index contributed by atoms with van der Waals surface area (Å²) in [7, 11) is 0. The molecule has 0 N–H and O–H groups in total. The first-order valence-electron chi connectivity index (χ1n) is 4.42. The summed E-state index contributed by atoms with van der Waals surface area (Å²) in [6, 6.07) is 9.57. The van der Waals surface area contributed by atoms with Crippen LogP contribution in [0.1, 0.15) is 5.56 Å². The zero-order valence-corrected chi connectivity index (χ0v) is 10.4. The molecular formula is C12H5BrNOS. The Bertz CT molecular complexity index is 621. The van der Waals surface area contributed by atoms with E-state index in [4.69, 9.17) is 5.26 Å². The molecule has 0 saturated heterocycles. The normalized spacial score (nSPS) is 11.4. The highest BCUT2D eigenvalue weighted by Gasteiger charge is 2.04. The number of hydrogen-bond donors (Lipinski definition) is 0. The molecule has 77 valence electrons. The summed E-state index contributed by atoms with van der Waals surface area (Å²) < 4.78 is 2.08. The molecule has 2 nitrogen and oxygen atoms in total. The fraction of sp³-hybridized carbons (Fsp3) is 0. The number of fused-ring (bicyclic) bond motifs is 1. The second-order valence-corrected chi connectivity index (χ2v) is 5.52. The fourth-order valence-corrected chi connectivity index (χ4v) is 3.01. The molecule has 1 heterocycles. The van der Waals surface area contributed by atoms with E-state index in [2.05, 4.69) is 15.9 Å². The Morgan fingerprint density at radius 2 is 2.31 bits per heavy atom. The standard InChI is InChI=1S/C12H5BrNOS/c13-11-5-10-3-1-2-9(12(10)16-11)4-8(6-14)7-15/h1-5H. The highest BCUT2D eigenvalue weighted by molar-refractivity contribution is 9.11. The first-order chi connectivity index (χ1) is 7.74. The summed E-state index contributed by atoms with van der Waals surface area (Å²) in [4.78, 5) is 10.5. The van der Waals surface area contributed by atoms with Gasteiger partial charge in [-0.2, -0.15) is 5.26 Å². The van der Waals surface area contributed by atoms with E-state index >= 15 is 0 Å². The number of thiophene rings is 1. The molecular weight excluding hydrogens is 286 g/mol. The molecule has 2 aromatic rings. The maximum atomic E-state index is 10.5. The molecule has 2 rings (SSSR count). The van der Waals surface area contributed by atoms with Crippen LogP contribution in [0.4, 0.5) is 0 Å². The maximum Gasteiger partial charge on any atom is 0.244 e. The van der Waals surface area contributed by atoms with E-state index in [9.17, 15) is 4.79 Å². The predicted molar refractivity (Wildman–Crippen MR) is 68.8 cm³/mol. The lowest BCUT2D eigenvalue weighted by atomic mass is 10.1. The van der Waals surface area contributed by atoms with Crippen LogP contribution < -0.4 is 0 Å². The van der Waals surface area contributed by atoms with Gasteiger partial charge in [0.05, 0.1) is 3.79 Å². The van der Waals surface area contributed by atoms with Gasteiger partial charge >= 0.3 is 0 Å². The molecule has 0 saturated carbocycles. The number of rotatable bonds is 2. The van der Waals surface area contributed by atoms with Crippen molar-refractivity contribution in [2.45, 2.75) is 0 Å². The van der Waals surface area contributed by atoms with Crippen LogP contribution in [0.5, 0.6) is 0 Å². The summed E-state index contributed by atoms with van der Waals surface area (Å²) in [5.74, 6) is 0. The molecule has 0 bridgehead atoms. The van der Waals surface area contributed by atoms with Crippen LogP contribution in [0, 0.1) is 11.3 Å². The summed E-state index contributed by atoms with van der Waals surface area (Å²) in [6.45, 7) is 0. The van der Waals surface area contributed by atoms with Gasteiger partial charge in [-0.1, -0.05) is 18.2 Å². The van der Waals surface area contributed by atoms with Crippen molar-refractivity contribution in [3.05, 3.63) is 39.2 Å². The van der Waals surface area contributed by atoms with Gasteiger partial charge in [-0.25, -0.2) is 0 Å². The van der Waals surface area contributed by atoms with Gasteiger partial charge < -0.3 is 0 Å². The third-order valence-electron chi connectivity index (χ3n) is 2.07. The number of carbonyl (C=O) groups excluding carboxylic acids is 1. The molecule has 1 radical (unpaired) electrons. The highest BCUT2D eigenvalue weighted by atomic mass is 79.9. The van der Waals surface area contributed by atoms with E-state index in [1.165, 1.54) is 0 Å². The first-order valence-corrected chi connectivity index (χ1v) is 6.03. The van der Waals surface area contributed by atoms with Crippen molar-refractivity contribution in [2.75, 3.05) is 0 Å². The summed E-state index contributed by atoms with van der Waals surface area (Å²) >= 11 is 4.99. The lowest BCUT2D eigenvalue weighted by molar-refractivity contribution is 0.563. The molecule has 16 heavy (non-hydrogen) atoms. The number of hydrogen-bond acceptors (Lipinski definition) is 3. The van der Waals surface area contributed by atoms with E-state index in [1.807, 2.05) is 24.3 Å². The lowest BCUT2D eigenvalue weighted by Crippen LogP contribution is -1.80. The molecule has 0 atom stereocenters. The summed E-state index contributed by atoms with van der Waals surface area (Å²) in [5.41, 5.74) is 0.880. The Kier molecular flexibility index (Phi) is 3.18. The Balaban J connectivity index is 2.65. The van der Waals surface area contributed by atoms with Crippen LogP contribution in [0.3, 0.4) is 0 Å². The quantitative estimate of drug-likeness (QED) is 0.625. The van der Waals surface area contributed by atoms with Crippen molar-refractivity contribution in [3.8, 4) is 6.07 Å². The second-order valence-electron chi connectivity index (χ2n) is 3.09. The largest absolute Gasteiger partial charge is 0.284 e. The van der Waals surface area contributed by atoms with E-state index in [0.29, 0.717) is 0 Å². The number of nitrogens with zero attached hydrogens (tertiary/aromatic N) is 1. The van der Waals surface area contributed by atoms with Gasteiger partial charge in [0.25, 0.3) is 0 Å². The molecule has 0 aliphatic heterocycles. The molecule has 0 amide bonds. The summed E-state index contributed by atoms with van der Waals surface area (Å²) in [6.07, 6.45) is 3.17. The smallest absolute Gasteiger partial charge is 0.244 e. The molecule has 0 unspecified atom stereocenters. The van der Waals surface area contributed by atoms with Crippen LogP contribution >= 0.6 is 27.3 Å². The molecule has 0 aliphatic rings. The van der Waals surface area contributed by atoms with Crippen LogP contribution in [-0.2, 0) is 4.79 Å². The van der Waals surface area contributed by atoms with E-state index in [-0.39, 0.29) is 5.57 Å². The SMILES string of the molecule is N#CC([C]=O)=Cc1cccc2cc(Br)sc12. The van der Waals surface area contributed by atoms with Crippen LogP contribution in [0.2, 0.25) is 0 Å². The Morgan fingerprint density at radius 3 is 3.00 bits per heavy atom. The number of nitriles is 1. The Labute approximate surface area is 105 Å². The topological polar surface area (TPSA) is 40.9 Å². The van der Waals surface area contributed by atoms with Crippen LogP contribution in [0.25, 0.3) is 16.2 Å². The monoisotopic (exact) mass is 290 g/mol. The summed E-state index contributed by atoms with van der Waals surface area (Å²) in [5, 5.41) is 9.77. The van der Waals surface area contributed by atoms with Crippen LogP contribution in [0.15, 0.2) is 33.6 Å². The molecule has 0 spiro atoms. The van der Waals surface area contributed by atoms with E-state index in [0.717, 1.165) is 19.4 Å². The number of allylic oxidation sites excluding steroid dienone is 1. The average molecular weight is 291 g/mol. The van der Waals surface area contributed by atoms with Gasteiger partial charge in [0, 0.05) is 4.70 Å². The molecule has 0 aliphatic carbocycles. The van der Waals surface area contributed by atoms with E-state index < -0.39 is 0 Å². The van der Waals surface area contributed by atoms with Crippen LogP contribution in [-0.4, -0.2) is 6.29 Å². The molecule has 1 aromatic carbocycles. The van der Waals surface area contributed by atoms with Crippen molar-refractivity contribution >= 4 is 49.7 Å². The third-order valence-corrected chi connectivity index (χ3v) is 3.78. The lowest BCUT2D eigenvalue weighted by Gasteiger charge is -1.95. The number of benzene rings is 1. The molecule has 0 fully saturated rings. The minimum Gasteiger partial charge on any atom is -0.284 e. The highest BCUT2D eigenvalue weighted by Crippen LogP contribution is 2.32. The Morgan fingerprint density at radius 1 is 1.50 bits per heavy atom. The van der Waals surface area contributed by atoms with Crippen molar-refractivity contribution in [1.82, 2.24) is 0 Å². The van der Waals surface area contributed by atoms with Gasteiger partial charge in [-0.05, 0) is 39.0 Å². The van der Waals surface area contributed by atoms with Crippen molar-refractivity contribution in [3.63, 3.8) is 0 Å². The molecule has 4 heteroatoms. The van der Waals surface area contributed by atoms with E-state index in [1.54, 1.807) is 29.8 Å². The predicted octanol–water partition coefficient (Wildman–Crippen LogP) is 3.68. The van der Waals surface area contributed by atoms with Gasteiger partial charge in [0.15, 0.2) is 0 Å². The zero-order chi connectivity index (χ0) is 11.5. The second kappa shape index (κ2) is 4.60. The van der Waals surface area contributed by atoms with Crippen molar-refractivity contribution in [1.29, 1.82) is 5.26 Å². The van der Waals surface area contributed by atoms with Gasteiger partial charge in [-0.15, -0.1) is 11.3 Å². The fourth-order valence-electron chi connectivity index (χ4n) is 1.41. The Hall–Kier alpha value is -1.44. The minimum absolute atomic E-state index is 0.0111. The van der Waals surface area contributed by atoms with Crippen molar-refractivity contribution < 1.29 is 4.79 Å². The minimum atomic E-state index is 0.0111.